The average molecular weight is 391 g/mol. The van der Waals surface area contributed by atoms with Gasteiger partial charge in [0.15, 0.2) is 5.65 Å². The Bertz CT molecular complexity index is 925. The van der Waals surface area contributed by atoms with Gasteiger partial charge in [-0.05, 0) is 30.7 Å². The molecule has 1 aliphatic rings. The van der Waals surface area contributed by atoms with E-state index in [1.165, 1.54) is 5.56 Å². The minimum atomic E-state index is 0.344. The van der Waals surface area contributed by atoms with E-state index < -0.39 is 0 Å². The Hall–Kier alpha value is -1.73. The van der Waals surface area contributed by atoms with Gasteiger partial charge in [-0.1, -0.05) is 29.3 Å². The van der Waals surface area contributed by atoms with Crippen LogP contribution in [0.3, 0.4) is 0 Å². The van der Waals surface area contributed by atoms with Crippen molar-refractivity contribution in [1.29, 1.82) is 0 Å². The zero-order valence-corrected chi connectivity index (χ0v) is 15.8. The van der Waals surface area contributed by atoms with Crippen LogP contribution in [0.1, 0.15) is 23.6 Å². The number of benzene rings is 1. The predicted octanol–water partition coefficient (Wildman–Crippen LogP) is 3.08. The highest BCUT2D eigenvalue weighted by molar-refractivity contribution is 6.42. The standard InChI is InChI=1S/C18H20Cl2N6/c19-14-2-1-12(9-15(14)20)10-25-7-3-13(11-25)16-17-18(23-6-5-22-17)26(24-16)8-4-21/h1-2,5-6,9,13H,3-4,7-8,10-11,21H2. The molecule has 1 fully saturated rings. The Morgan fingerprint density at radius 3 is 2.81 bits per heavy atom. The van der Waals surface area contributed by atoms with Gasteiger partial charge in [0, 0.05) is 37.9 Å². The molecule has 0 amide bonds. The van der Waals surface area contributed by atoms with E-state index >= 15 is 0 Å². The molecular formula is C18H20Cl2N6. The third-order valence-electron chi connectivity index (χ3n) is 4.78. The van der Waals surface area contributed by atoms with Gasteiger partial charge in [0.1, 0.15) is 5.52 Å². The van der Waals surface area contributed by atoms with Gasteiger partial charge in [-0.15, -0.1) is 0 Å². The maximum absolute atomic E-state index is 6.13. The first kappa shape index (κ1) is 17.7. The molecule has 0 bridgehead atoms. The number of hydrogen-bond acceptors (Lipinski definition) is 5. The lowest BCUT2D eigenvalue weighted by Gasteiger charge is -2.16. The summed E-state index contributed by atoms with van der Waals surface area (Å²) in [5.41, 5.74) is 9.61. The highest BCUT2D eigenvalue weighted by atomic mass is 35.5. The molecule has 8 heteroatoms. The highest BCUT2D eigenvalue weighted by Gasteiger charge is 2.29. The van der Waals surface area contributed by atoms with E-state index in [0.29, 0.717) is 29.1 Å². The fraction of sp³-hybridized carbons (Fsp3) is 0.389. The van der Waals surface area contributed by atoms with Gasteiger partial charge >= 0.3 is 0 Å². The number of fused-ring (bicyclic) bond motifs is 1. The van der Waals surface area contributed by atoms with Crippen molar-refractivity contribution in [3.05, 3.63) is 51.9 Å². The number of aromatic nitrogens is 4. The largest absolute Gasteiger partial charge is 0.329 e. The van der Waals surface area contributed by atoms with E-state index in [0.717, 1.165) is 42.9 Å². The lowest BCUT2D eigenvalue weighted by molar-refractivity contribution is 0.326. The lowest BCUT2D eigenvalue weighted by atomic mass is 10.0. The molecule has 26 heavy (non-hydrogen) atoms. The zero-order chi connectivity index (χ0) is 18.1. The Kier molecular flexibility index (Phi) is 5.09. The summed E-state index contributed by atoms with van der Waals surface area (Å²) in [6, 6.07) is 5.82. The first-order chi connectivity index (χ1) is 12.7. The molecule has 6 nitrogen and oxygen atoms in total. The monoisotopic (exact) mass is 390 g/mol. The second kappa shape index (κ2) is 7.48. The summed E-state index contributed by atoms with van der Waals surface area (Å²) < 4.78 is 1.87. The molecule has 0 aliphatic carbocycles. The summed E-state index contributed by atoms with van der Waals surface area (Å²) in [5.74, 6) is 0.344. The van der Waals surface area contributed by atoms with Gasteiger partial charge in [-0.2, -0.15) is 5.10 Å². The maximum Gasteiger partial charge on any atom is 0.177 e. The highest BCUT2D eigenvalue weighted by Crippen LogP contribution is 2.31. The first-order valence-electron chi connectivity index (χ1n) is 8.69. The first-order valence-corrected chi connectivity index (χ1v) is 9.45. The summed E-state index contributed by atoms with van der Waals surface area (Å²) in [4.78, 5) is 11.4. The van der Waals surface area contributed by atoms with E-state index in [1.807, 2.05) is 22.9 Å². The van der Waals surface area contributed by atoms with Crippen LogP contribution in [0.2, 0.25) is 10.0 Å². The van der Waals surface area contributed by atoms with Crippen molar-refractivity contribution in [2.75, 3.05) is 19.6 Å². The van der Waals surface area contributed by atoms with Crippen LogP contribution in [-0.2, 0) is 13.1 Å². The van der Waals surface area contributed by atoms with Crippen molar-refractivity contribution in [2.24, 2.45) is 5.73 Å². The molecule has 1 unspecified atom stereocenters. The van der Waals surface area contributed by atoms with Gasteiger partial charge < -0.3 is 5.73 Å². The normalized spacial score (nSPS) is 18.0. The molecule has 0 radical (unpaired) electrons. The van der Waals surface area contributed by atoms with Crippen molar-refractivity contribution < 1.29 is 0 Å². The second-order valence-corrected chi connectivity index (χ2v) is 7.41. The molecule has 1 aromatic carbocycles. The Balaban J connectivity index is 1.53. The molecule has 1 saturated heterocycles. The van der Waals surface area contributed by atoms with Crippen LogP contribution in [0, 0.1) is 0 Å². The molecule has 136 valence electrons. The van der Waals surface area contributed by atoms with E-state index in [-0.39, 0.29) is 0 Å². The quantitative estimate of drug-likeness (QED) is 0.724. The van der Waals surface area contributed by atoms with Crippen molar-refractivity contribution in [1.82, 2.24) is 24.6 Å². The van der Waals surface area contributed by atoms with Crippen molar-refractivity contribution in [3.8, 4) is 0 Å². The van der Waals surface area contributed by atoms with Crippen molar-refractivity contribution in [2.45, 2.75) is 25.4 Å². The van der Waals surface area contributed by atoms with Gasteiger partial charge in [-0.25, -0.2) is 14.6 Å². The van der Waals surface area contributed by atoms with Crippen LogP contribution >= 0.6 is 23.2 Å². The molecule has 0 saturated carbocycles. The second-order valence-electron chi connectivity index (χ2n) is 6.59. The molecular weight excluding hydrogens is 371 g/mol. The minimum absolute atomic E-state index is 0.344. The lowest BCUT2D eigenvalue weighted by Crippen LogP contribution is -2.20. The summed E-state index contributed by atoms with van der Waals surface area (Å²) >= 11 is 12.1. The fourth-order valence-electron chi connectivity index (χ4n) is 3.57. The zero-order valence-electron chi connectivity index (χ0n) is 14.3. The SMILES string of the molecule is NCCn1nc(C2CCN(Cc3ccc(Cl)c(Cl)c3)C2)c2nccnc21. The topological polar surface area (TPSA) is 72.9 Å². The molecule has 2 aromatic heterocycles. The Morgan fingerprint density at radius 2 is 2.00 bits per heavy atom. The number of nitrogens with two attached hydrogens (primary N) is 1. The van der Waals surface area contributed by atoms with Crippen LogP contribution in [0.5, 0.6) is 0 Å². The number of halogens is 2. The predicted molar refractivity (Wildman–Crippen MR) is 103 cm³/mol. The molecule has 1 aliphatic heterocycles. The number of likely N-dealkylation sites (tertiary alicyclic amines) is 1. The number of nitrogens with zero attached hydrogens (tertiary/aromatic N) is 5. The van der Waals surface area contributed by atoms with Gasteiger partial charge in [0.2, 0.25) is 0 Å². The summed E-state index contributed by atoms with van der Waals surface area (Å²) in [5, 5.41) is 5.96. The molecule has 3 heterocycles. The molecule has 2 N–H and O–H groups in total. The van der Waals surface area contributed by atoms with Gasteiger partial charge in [-0.3, -0.25) is 4.90 Å². The van der Waals surface area contributed by atoms with Crippen LogP contribution in [0.25, 0.3) is 11.2 Å². The van der Waals surface area contributed by atoms with Crippen molar-refractivity contribution >= 4 is 34.4 Å². The van der Waals surface area contributed by atoms with Crippen LogP contribution in [0.4, 0.5) is 0 Å². The Labute approximate surface area is 161 Å². The average Bonchev–Trinajstić information content (AvgIpc) is 3.24. The van der Waals surface area contributed by atoms with Gasteiger partial charge in [0.05, 0.1) is 22.3 Å². The molecule has 4 rings (SSSR count). The van der Waals surface area contributed by atoms with Crippen LogP contribution < -0.4 is 5.73 Å². The minimum Gasteiger partial charge on any atom is -0.329 e. The smallest absolute Gasteiger partial charge is 0.177 e. The van der Waals surface area contributed by atoms with E-state index in [1.54, 1.807) is 12.4 Å². The summed E-state index contributed by atoms with van der Waals surface area (Å²) in [7, 11) is 0. The van der Waals surface area contributed by atoms with Crippen LogP contribution in [0.15, 0.2) is 30.6 Å². The van der Waals surface area contributed by atoms with Crippen LogP contribution in [-0.4, -0.2) is 44.3 Å². The van der Waals surface area contributed by atoms with E-state index in [2.05, 4.69) is 14.9 Å². The summed E-state index contributed by atoms with van der Waals surface area (Å²) in [6.07, 6.45) is 4.47. The fourth-order valence-corrected chi connectivity index (χ4v) is 3.89. The van der Waals surface area contributed by atoms with E-state index in [4.69, 9.17) is 34.0 Å². The Morgan fingerprint density at radius 1 is 1.15 bits per heavy atom. The molecule has 1 atom stereocenters. The summed E-state index contributed by atoms with van der Waals surface area (Å²) in [6.45, 7) is 3.97. The third-order valence-corrected chi connectivity index (χ3v) is 5.52. The third kappa shape index (κ3) is 3.42. The van der Waals surface area contributed by atoms with E-state index in [9.17, 15) is 0 Å². The maximum atomic E-state index is 6.13. The number of rotatable bonds is 5. The molecule has 3 aromatic rings. The van der Waals surface area contributed by atoms with Gasteiger partial charge in [0.25, 0.3) is 0 Å². The number of hydrogen-bond donors (Lipinski definition) is 1. The van der Waals surface area contributed by atoms with Crippen molar-refractivity contribution in [3.63, 3.8) is 0 Å². The molecule has 0 spiro atoms.